The molecule has 0 saturated carbocycles. The Kier molecular flexibility index (Phi) is 5.09. The van der Waals surface area contributed by atoms with Crippen LogP contribution in [-0.2, 0) is 4.79 Å². The molecule has 10 heteroatoms. The fraction of sp³-hybridized carbons (Fsp3) is 0.118. The zero-order valence-electron chi connectivity index (χ0n) is 13.0. The maximum Gasteiger partial charge on any atom is 0.430 e. The summed E-state index contributed by atoms with van der Waals surface area (Å²) in [5, 5.41) is 9.03. The molecule has 0 spiro atoms. The van der Waals surface area contributed by atoms with Crippen LogP contribution in [0.3, 0.4) is 0 Å². The van der Waals surface area contributed by atoms with Gasteiger partial charge in [-0.3, -0.25) is 0 Å². The number of aliphatic carboxylic acids is 1. The lowest BCUT2D eigenvalue weighted by Crippen LogP contribution is -2.40. The number of rotatable bonds is 3. The zero-order chi connectivity index (χ0) is 19.9. The van der Waals surface area contributed by atoms with Crippen molar-refractivity contribution in [3.8, 4) is 17.2 Å². The van der Waals surface area contributed by atoms with Crippen LogP contribution in [0.2, 0.25) is 5.02 Å². The highest BCUT2D eigenvalue weighted by Crippen LogP contribution is 2.43. The van der Waals surface area contributed by atoms with Gasteiger partial charge in [-0.2, -0.15) is 13.2 Å². The third-order valence-electron chi connectivity index (χ3n) is 3.56. The molecule has 0 aliphatic carbocycles. The van der Waals surface area contributed by atoms with Gasteiger partial charge in [-0.1, -0.05) is 11.6 Å². The highest BCUT2D eigenvalue weighted by atomic mass is 79.9. The van der Waals surface area contributed by atoms with E-state index in [2.05, 4.69) is 15.9 Å². The quantitative estimate of drug-likeness (QED) is 0.578. The first kappa shape index (κ1) is 19.5. The lowest BCUT2D eigenvalue weighted by Gasteiger charge is -2.27. The van der Waals surface area contributed by atoms with E-state index in [0.717, 1.165) is 24.3 Å². The van der Waals surface area contributed by atoms with Crippen LogP contribution >= 0.6 is 27.5 Å². The molecular weight excluding hydrogens is 460 g/mol. The first-order valence-electron chi connectivity index (χ1n) is 7.21. The van der Waals surface area contributed by atoms with Gasteiger partial charge in [0.05, 0.1) is 15.1 Å². The third-order valence-corrected chi connectivity index (χ3v) is 4.48. The van der Waals surface area contributed by atoms with Crippen LogP contribution in [0.1, 0.15) is 5.56 Å². The normalized spacial score (nSPS) is 16.2. The molecule has 0 radical (unpaired) electrons. The molecule has 2 aromatic rings. The molecule has 1 aliphatic heterocycles. The lowest BCUT2D eigenvalue weighted by atomic mass is 10.0. The van der Waals surface area contributed by atoms with Crippen LogP contribution < -0.4 is 9.47 Å². The maximum atomic E-state index is 13.2. The Morgan fingerprint density at radius 1 is 1.22 bits per heavy atom. The summed E-state index contributed by atoms with van der Waals surface area (Å²) < 4.78 is 63.2. The maximum absolute atomic E-state index is 13.2. The monoisotopic (exact) mass is 466 g/mol. The average molecular weight is 468 g/mol. The molecule has 0 saturated heterocycles. The van der Waals surface area contributed by atoms with Crippen molar-refractivity contribution in [3.63, 3.8) is 0 Å². The van der Waals surface area contributed by atoms with E-state index in [4.69, 9.17) is 26.2 Å². The summed E-state index contributed by atoms with van der Waals surface area (Å²) in [4.78, 5) is 11.1. The van der Waals surface area contributed by atoms with Crippen molar-refractivity contribution in [3.05, 3.63) is 56.8 Å². The number of ether oxygens (including phenoxy) is 2. The summed E-state index contributed by atoms with van der Waals surface area (Å²) in [5.41, 5.74) is -0.899. The molecule has 4 nitrogen and oxygen atoms in total. The van der Waals surface area contributed by atoms with Crippen LogP contribution in [-0.4, -0.2) is 23.4 Å². The number of fused-ring (bicyclic) bond motifs is 1. The zero-order valence-corrected chi connectivity index (χ0v) is 15.3. The predicted molar refractivity (Wildman–Crippen MR) is 91.7 cm³/mol. The second-order valence-electron chi connectivity index (χ2n) is 5.44. The standard InChI is InChI=1S/C17H8BrClF4O4/c18-10-5-8(20)1-2-12(10)26-14-6-13-7(4-11(14)19)3-9(16(24)25)15(27-13)17(21,22)23/h1-6,15H,(H,24,25). The Hall–Kier alpha value is -2.26. The molecule has 2 aromatic carbocycles. The second-order valence-corrected chi connectivity index (χ2v) is 6.70. The Bertz CT molecular complexity index is 959. The first-order valence-corrected chi connectivity index (χ1v) is 8.38. The SMILES string of the molecule is O=C(O)C1=Cc2cc(Cl)c(Oc3ccc(F)cc3Br)cc2OC1C(F)(F)F. The van der Waals surface area contributed by atoms with Gasteiger partial charge in [0.1, 0.15) is 23.1 Å². The number of hydrogen-bond acceptors (Lipinski definition) is 3. The van der Waals surface area contributed by atoms with Crippen LogP contribution in [0.4, 0.5) is 17.6 Å². The van der Waals surface area contributed by atoms with Crippen molar-refractivity contribution < 1.29 is 36.9 Å². The summed E-state index contributed by atoms with van der Waals surface area (Å²) in [6, 6.07) is 5.90. The summed E-state index contributed by atoms with van der Waals surface area (Å²) in [6.07, 6.45) is -6.71. The Morgan fingerprint density at radius 2 is 1.93 bits per heavy atom. The van der Waals surface area contributed by atoms with Crippen LogP contribution in [0.25, 0.3) is 6.08 Å². The number of hydrogen-bond donors (Lipinski definition) is 1. The highest BCUT2D eigenvalue weighted by Gasteiger charge is 2.48. The molecule has 0 amide bonds. The molecule has 1 atom stereocenters. The second kappa shape index (κ2) is 7.05. The molecule has 27 heavy (non-hydrogen) atoms. The van der Waals surface area contributed by atoms with Gasteiger partial charge in [0, 0.05) is 11.6 Å². The van der Waals surface area contributed by atoms with Gasteiger partial charge in [0.2, 0.25) is 6.10 Å². The number of carbonyl (C=O) groups is 1. The number of benzene rings is 2. The highest BCUT2D eigenvalue weighted by molar-refractivity contribution is 9.10. The average Bonchev–Trinajstić information content (AvgIpc) is 2.55. The van der Waals surface area contributed by atoms with Crippen molar-refractivity contribution >= 4 is 39.6 Å². The van der Waals surface area contributed by atoms with Gasteiger partial charge < -0.3 is 14.6 Å². The largest absolute Gasteiger partial charge is 0.478 e. The molecule has 1 N–H and O–H groups in total. The van der Waals surface area contributed by atoms with Gasteiger partial charge >= 0.3 is 12.1 Å². The summed E-state index contributed by atoms with van der Waals surface area (Å²) in [7, 11) is 0. The molecule has 1 unspecified atom stereocenters. The van der Waals surface area contributed by atoms with E-state index in [-0.39, 0.29) is 32.3 Å². The van der Waals surface area contributed by atoms with Gasteiger partial charge in [0.15, 0.2) is 0 Å². The fourth-order valence-corrected chi connectivity index (χ4v) is 3.01. The van der Waals surface area contributed by atoms with E-state index in [0.29, 0.717) is 0 Å². The lowest BCUT2D eigenvalue weighted by molar-refractivity contribution is -0.187. The molecular formula is C17H8BrClF4O4. The smallest absolute Gasteiger partial charge is 0.430 e. The first-order chi connectivity index (χ1) is 12.6. The van der Waals surface area contributed by atoms with Crippen LogP contribution in [0.15, 0.2) is 40.4 Å². The summed E-state index contributed by atoms with van der Waals surface area (Å²) >= 11 is 9.18. The van der Waals surface area contributed by atoms with E-state index in [9.17, 15) is 22.4 Å². The Balaban J connectivity index is 2.02. The minimum Gasteiger partial charge on any atom is -0.478 e. The predicted octanol–water partition coefficient (Wildman–Crippen LogP) is 5.83. The van der Waals surface area contributed by atoms with Gasteiger partial charge in [0.25, 0.3) is 0 Å². The minimum atomic E-state index is -4.93. The fourth-order valence-electron chi connectivity index (χ4n) is 2.37. The van der Waals surface area contributed by atoms with Crippen molar-refractivity contribution in [2.24, 2.45) is 0 Å². The molecule has 1 aliphatic rings. The van der Waals surface area contributed by atoms with Gasteiger partial charge in [-0.25, -0.2) is 9.18 Å². The Morgan fingerprint density at radius 3 is 2.52 bits per heavy atom. The van der Waals surface area contributed by atoms with E-state index in [1.54, 1.807) is 0 Å². The van der Waals surface area contributed by atoms with E-state index < -0.39 is 29.6 Å². The van der Waals surface area contributed by atoms with Crippen LogP contribution in [0.5, 0.6) is 17.2 Å². The molecule has 1 heterocycles. The number of carboxylic acid groups (broad SMARTS) is 1. The Labute approximate surface area is 163 Å². The van der Waals surface area contributed by atoms with Gasteiger partial charge in [-0.05, 0) is 46.3 Å². The van der Waals surface area contributed by atoms with Crippen molar-refractivity contribution in [2.45, 2.75) is 12.3 Å². The van der Waals surface area contributed by atoms with Crippen LogP contribution in [0, 0.1) is 5.82 Å². The van der Waals surface area contributed by atoms with E-state index >= 15 is 0 Å². The molecule has 3 rings (SSSR count). The van der Waals surface area contributed by atoms with Gasteiger partial charge in [-0.15, -0.1) is 0 Å². The van der Waals surface area contributed by atoms with E-state index in [1.807, 2.05) is 0 Å². The number of carboxylic acids is 1. The summed E-state index contributed by atoms with van der Waals surface area (Å²) in [5.74, 6) is -2.40. The minimum absolute atomic E-state index is 0.0000208. The van der Waals surface area contributed by atoms with E-state index in [1.165, 1.54) is 12.1 Å². The number of halogens is 6. The molecule has 0 aromatic heterocycles. The topological polar surface area (TPSA) is 55.8 Å². The molecule has 0 fully saturated rings. The third kappa shape index (κ3) is 4.03. The molecule has 142 valence electrons. The molecule has 0 bridgehead atoms. The van der Waals surface area contributed by atoms with Crippen molar-refractivity contribution in [2.75, 3.05) is 0 Å². The summed E-state index contributed by atoms with van der Waals surface area (Å²) in [6.45, 7) is 0. The number of alkyl halides is 3. The van der Waals surface area contributed by atoms with Crippen molar-refractivity contribution in [1.29, 1.82) is 0 Å². The van der Waals surface area contributed by atoms with Crippen molar-refractivity contribution in [1.82, 2.24) is 0 Å².